The maximum absolute atomic E-state index is 12.4. The van der Waals surface area contributed by atoms with Crippen LogP contribution in [-0.2, 0) is 16.7 Å². The van der Waals surface area contributed by atoms with E-state index in [9.17, 15) is 14.7 Å². The first-order valence-corrected chi connectivity index (χ1v) is 10.3. The van der Waals surface area contributed by atoms with E-state index in [1.54, 1.807) is 23.2 Å². The summed E-state index contributed by atoms with van der Waals surface area (Å²) in [5.74, 6) is -0.420. The number of benzene rings is 2. The minimum Gasteiger partial charge on any atom is -0.465 e. The monoisotopic (exact) mass is 419 g/mol. The molecule has 0 unspecified atom stereocenters. The van der Waals surface area contributed by atoms with Gasteiger partial charge in [0.2, 0.25) is 0 Å². The second-order valence-electron chi connectivity index (χ2n) is 7.83. The molecule has 1 aliphatic rings. The Morgan fingerprint density at radius 2 is 1.87 bits per heavy atom. The van der Waals surface area contributed by atoms with Crippen LogP contribution in [0.1, 0.15) is 40.4 Å². The topological polar surface area (TPSA) is 84.7 Å². The van der Waals surface area contributed by atoms with Gasteiger partial charge in [-0.2, -0.15) is 5.10 Å². The fraction of sp³-hybridized carbons (Fsp3) is 0.292. The zero-order chi connectivity index (χ0) is 21.8. The van der Waals surface area contributed by atoms with Crippen LogP contribution in [0.5, 0.6) is 0 Å². The minimum absolute atomic E-state index is 0.0644. The molecule has 7 heteroatoms. The molecule has 31 heavy (non-hydrogen) atoms. The highest BCUT2D eigenvalue weighted by atomic mass is 16.5. The maximum Gasteiger partial charge on any atom is 0.408 e. The van der Waals surface area contributed by atoms with E-state index < -0.39 is 17.6 Å². The molecule has 1 fully saturated rings. The number of hydrogen-bond donors (Lipinski definition) is 1. The van der Waals surface area contributed by atoms with Gasteiger partial charge < -0.3 is 9.84 Å². The molecule has 1 saturated heterocycles. The van der Waals surface area contributed by atoms with E-state index in [1.807, 2.05) is 59.4 Å². The number of aromatic nitrogens is 2. The van der Waals surface area contributed by atoms with Gasteiger partial charge in [0.05, 0.1) is 24.3 Å². The first kappa shape index (κ1) is 20.7. The molecule has 0 saturated carbocycles. The van der Waals surface area contributed by atoms with Gasteiger partial charge in [-0.15, -0.1) is 0 Å². The molecule has 1 amide bonds. The van der Waals surface area contributed by atoms with E-state index in [2.05, 4.69) is 5.10 Å². The van der Waals surface area contributed by atoms with E-state index in [1.165, 1.54) is 7.11 Å². The molecule has 4 rings (SSSR count). The third-order valence-corrected chi connectivity index (χ3v) is 6.09. The van der Waals surface area contributed by atoms with Crippen LogP contribution in [0, 0.1) is 0 Å². The molecule has 0 aliphatic carbocycles. The number of carbonyl (C=O) groups is 2. The fourth-order valence-electron chi connectivity index (χ4n) is 4.61. The summed E-state index contributed by atoms with van der Waals surface area (Å²) in [7, 11) is 1.34. The summed E-state index contributed by atoms with van der Waals surface area (Å²) in [6.45, 7) is 0.394. The Morgan fingerprint density at radius 1 is 1.13 bits per heavy atom. The lowest BCUT2D eigenvalue weighted by Gasteiger charge is -2.49. The quantitative estimate of drug-likeness (QED) is 0.629. The average molecular weight is 419 g/mol. The van der Waals surface area contributed by atoms with E-state index in [0.29, 0.717) is 31.4 Å². The van der Waals surface area contributed by atoms with E-state index >= 15 is 0 Å². The summed E-state index contributed by atoms with van der Waals surface area (Å²) < 4.78 is 6.73. The molecular formula is C24H25N3O4. The Labute approximate surface area is 180 Å². The zero-order valence-electron chi connectivity index (χ0n) is 17.3. The maximum atomic E-state index is 12.4. The third-order valence-electron chi connectivity index (χ3n) is 6.09. The first-order chi connectivity index (χ1) is 15.0. The van der Waals surface area contributed by atoms with Gasteiger partial charge in [0.1, 0.15) is 0 Å². The Bertz CT molecular complexity index is 1030. The summed E-state index contributed by atoms with van der Waals surface area (Å²) in [5, 5.41) is 14.6. The minimum atomic E-state index is -0.952. The van der Waals surface area contributed by atoms with Crippen LogP contribution in [0.25, 0.3) is 0 Å². The number of esters is 1. The van der Waals surface area contributed by atoms with Crippen LogP contribution in [0.3, 0.4) is 0 Å². The highest BCUT2D eigenvalue weighted by Crippen LogP contribution is 2.44. The number of carboxylic acid groups (broad SMARTS) is 1. The molecule has 0 spiro atoms. The number of nitrogens with zero attached hydrogens (tertiary/aromatic N) is 3. The Balaban J connectivity index is 1.82. The van der Waals surface area contributed by atoms with E-state index in [-0.39, 0.29) is 6.04 Å². The van der Waals surface area contributed by atoms with Crippen LogP contribution in [-0.4, -0.2) is 45.5 Å². The van der Waals surface area contributed by atoms with Crippen LogP contribution in [0.2, 0.25) is 0 Å². The molecule has 1 N–H and O–H groups in total. The van der Waals surface area contributed by atoms with Crippen molar-refractivity contribution in [3.8, 4) is 0 Å². The van der Waals surface area contributed by atoms with Gasteiger partial charge >= 0.3 is 12.1 Å². The van der Waals surface area contributed by atoms with Crippen molar-refractivity contribution in [1.29, 1.82) is 0 Å². The van der Waals surface area contributed by atoms with Crippen molar-refractivity contribution in [1.82, 2.24) is 14.7 Å². The highest BCUT2D eigenvalue weighted by Gasteiger charge is 2.47. The SMILES string of the molecule is COC(=O)c1ccc([C@]2(Cc3ccccc3)C[C@@H](n3cccn3)CCN2C(=O)O)cc1. The lowest BCUT2D eigenvalue weighted by molar-refractivity contribution is 0.0230. The molecule has 0 radical (unpaired) electrons. The summed E-state index contributed by atoms with van der Waals surface area (Å²) in [4.78, 5) is 25.8. The molecule has 0 bridgehead atoms. The van der Waals surface area contributed by atoms with Crippen molar-refractivity contribution in [3.05, 3.63) is 89.7 Å². The Morgan fingerprint density at radius 3 is 2.48 bits per heavy atom. The second-order valence-corrected chi connectivity index (χ2v) is 7.83. The molecule has 1 aliphatic heterocycles. The number of ether oxygens (including phenoxy) is 1. The van der Waals surface area contributed by atoms with Crippen LogP contribution < -0.4 is 0 Å². The molecule has 2 aromatic carbocycles. The van der Waals surface area contributed by atoms with Gasteiger partial charge in [0.15, 0.2) is 0 Å². The second kappa shape index (κ2) is 8.63. The van der Waals surface area contributed by atoms with Crippen LogP contribution in [0.15, 0.2) is 73.1 Å². The predicted octanol–water partition coefficient (Wildman–Crippen LogP) is 4.12. The summed E-state index contributed by atoms with van der Waals surface area (Å²) >= 11 is 0. The molecule has 2 atom stereocenters. The lowest BCUT2D eigenvalue weighted by Crippen LogP contribution is -2.55. The van der Waals surface area contributed by atoms with Crippen molar-refractivity contribution >= 4 is 12.1 Å². The molecule has 160 valence electrons. The molecule has 1 aromatic heterocycles. The number of rotatable bonds is 5. The molecule has 2 heterocycles. The van der Waals surface area contributed by atoms with Gasteiger partial charge in [-0.05, 0) is 42.2 Å². The van der Waals surface area contributed by atoms with Crippen LogP contribution >= 0.6 is 0 Å². The van der Waals surface area contributed by atoms with E-state index in [0.717, 1.165) is 11.1 Å². The number of carbonyl (C=O) groups excluding carboxylic acids is 1. The summed E-state index contributed by atoms with van der Waals surface area (Å²) in [6, 6.07) is 18.9. The molecular weight excluding hydrogens is 394 g/mol. The standard InChI is InChI=1S/C24H25N3O4/c1-31-22(28)19-8-10-20(11-9-19)24(16-18-6-3-2-4-7-18)17-21(27-14-5-13-25-27)12-15-26(24)23(29)30/h2-11,13-14,21H,12,15-17H2,1H3,(H,29,30)/t21-,24-/m0/s1. The number of amides is 1. The molecule has 3 aromatic rings. The van der Waals surface area contributed by atoms with Crippen molar-refractivity contribution in [3.63, 3.8) is 0 Å². The number of methoxy groups -OCH3 is 1. The van der Waals surface area contributed by atoms with Crippen LogP contribution in [0.4, 0.5) is 4.79 Å². The highest BCUT2D eigenvalue weighted by molar-refractivity contribution is 5.89. The van der Waals surface area contributed by atoms with Gasteiger partial charge in [0.25, 0.3) is 0 Å². The Hall–Kier alpha value is -3.61. The Kier molecular flexibility index (Phi) is 5.75. The summed E-state index contributed by atoms with van der Waals surface area (Å²) in [6.07, 6.45) is 4.50. The fourth-order valence-corrected chi connectivity index (χ4v) is 4.61. The van der Waals surface area contributed by atoms with Crippen molar-refractivity contribution in [2.24, 2.45) is 0 Å². The summed E-state index contributed by atoms with van der Waals surface area (Å²) in [5.41, 5.74) is 1.54. The van der Waals surface area contributed by atoms with Gasteiger partial charge in [-0.1, -0.05) is 42.5 Å². The number of hydrogen-bond acceptors (Lipinski definition) is 4. The molecule has 7 nitrogen and oxygen atoms in total. The van der Waals surface area contributed by atoms with Gasteiger partial charge in [-0.3, -0.25) is 9.58 Å². The predicted molar refractivity (Wildman–Crippen MR) is 115 cm³/mol. The smallest absolute Gasteiger partial charge is 0.408 e. The number of piperidine rings is 1. The number of likely N-dealkylation sites (tertiary alicyclic amines) is 1. The van der Waals surface area contributed by atoms with Crippen molar-refractivity contribution in [2.75, 3.05) is 13.7 Å². The zero-order valence-corrected chi connectivity index (χ0v) is 17.3. The first-order valence-electron chi connectivity index (χ1n) is 10.3. The lowest BCUT2D eigenvalue weighted by atomic mass is 9.74. The van der Waals surface area contributed by atoms with Crippen molar-refractivity contribution in [2.45, 2.75) is 30.8 Å². The average Bonchev–Trinajstić information content (AvgIpc) is 3.34. The largest absolute Gasteiger partial charge is 0.465 e. The van der Waals surface area contributed by atoms with E-state index in [4.69, 9.17) is 4.74 Å². The van der Waals surface area contributed by atoms with Gasteiger partial charge in [0, 0.05) is 25.4 Å². The van der Waals surface area contributed by atoms with Crippen molar-refractivity contribution < 1.29 is 19.4 Å². The van der Waals surface area contributed by atoms with Gasteiger partial charge in [-0.25, -0.2) is 9.59 Å². The third kappa shape index (κ3) is 4.03. The normalized spacial score (nSPS) is 20.9.